The normalized spacial score (nSPS) is 33.8. The van der Waals surface area contributed by atoms with E-state index in [2.05, 4.69) is 27.2 Å². The Morgan fingerprint density at radius 2 is 2.17 bits per heavy atom. The molecule has 3 aliphatic rings. The molecular formula is C17H24N4O3. The maximum absolute atomic E-state index is 11.7. The lowest BCUT2D eigenvalue weighted by molar-refractivity contribution is 0.00715. The summed E-state index contributed by atoms with van der Waals surface area (Å²) in [6, 6.07) is 2.77. The van der Waals surface area contributed by atoms with Crippen LogP contribution in [0.5, 0.6) is 0 Å². The van der Waals surface area contributed by atoms with Crippen LogP contribution in [0.1, 0.15) is 42.9 Å². The van der Waals surface area contributed by atoms with Gasteiger partial charge in [-0.05, 0) is 43.2 Å². The van der Waals surface area contributed by atoms with Crippen molar-refractivity contribution in [2.75, 3.05) is 13.2 Å². The number of hydrogen-bond donors (Lipinski definition) is 3. The lowest BCUT2D eigenvalue weighted by Gasteiger charge is -2.33. The number of carbonyl (C=O) groups excluding carboxylic acids is 1. The Balaban J connectivity index is 1.57. The van der Waals surface area contributed by atoms with Gasteiger partial charge in [0.1, 0.15) is 6.61 Å². The minimum Gasteiger partial charge on any atom is -0.445 e. The molecule has 7 heteroatoms. The first-order chi connectivity index (χ1) is 11.8. The Morgan fingerprint density at radius 1 is 1.21 bits per heavy atom. The van der Waals surface area contributed by atoms with Gasteiger partial charge in [-0.15, -0.1) is 0 Å². The molecule has 4 bridgehead atoms. The quantitative estimate of drug-likeness (QED) is 0.666. The number of nitrogens with one attached hydrogen (secondary N) is 3. The summed E-state index contributed by atoms with van der Waals surface area (Å²) in [7, 11) is 0. The van der Waals surface area contributed by atoms with Crippen molar-refractivity contribution < 1.29 is 14.3 Å². The van der Waals surface area contributed by atoms with Gasteiger partial charge >= 0.3 is 6.09 Å². The number of cyclic esters (lactones) is 1. The fourth-order valence-corrected chi connectivity index (χ4v) is 3.97. The molecule has 130 valence electrons. The van der Waals surface area contributed by atoms with E-state index in [1.165, 1.54) is 0 Å². The Labute approximate surface area is 141 Å². The summed E-state index contributed by atoms with van der Waals surface area (Å²) in [5.74, 6) is 0.492. The van der Waals surface area contributed by atoms with Crippen molar-refractivity contribution in [1.29, 1.82) is 0 Å². The second-order valence-electron chi connectivity index (χ2n) is 6.83. The van der Waals surface area contributed by atoms with Crippen molar-refractivity contribution in [3.63, 3.8) is 0 Å². The number of fused-ring (bicyclic) bond motifs is 4. The Morgan fingerprint density at radius 3 is 3.12 bits per heavy atom. The van der Waals surface area contributed by atoms with Gasteiger partial charge in [0.05, 0.1) is 12.1 Å². The summed E-state index contributed by atoms with van der Waals surface area (Å²) in [4.78, 5) is 16.0. The van der Waals surface area contributed by atoms with E-state index in [0.717, 1.165) is 36.8 Å². The van der Waals surface area contributed by atoms with Gasteiger partial charge < -0.3 is 14.8 Å². The molecular weight excluding hydrogens is 308 g/mol. The maximum Gasteiger partial charge on any atom is 0.407 e. The molecule has 24 heavy (non-hydrogen) atoms. The van der Waals surface area contributed by atoms with Crippen molar-refractivity contribution in [1.82, 2.24) is 21.2 Å². The zero-order chi connectivity index (χ0) is 16.4. The molecule has 2 fully saturated rings. The highest BCUT2D eigenvalue weighted by atomic mass is 16.5. The largest absolute Gasteiger partial charge is 0.445 e. The molecule has 0 radical (unpaired) electrons. The predicted molar refractivity (Wildman–Crippen MR) is 86.9 cm³/mol. The number of alkyl carbamates (subject to hydrolysis) is 1. The van der Waals surface area contributed by atoms with Crippen molar-refractivity contribution in [2.24, 2.45) is 5.92 Å². The fraction of sp³-hybridized carbons (Fsp3) is 0.647. The van der Waals surface area contributed by atoms with Crippen LogP contribution in [-0.2, 0) is 16.1 Å². The van der Waals surface area contributed by atoms with Gasteiger partial charge in [0, 0.05) is 37.2 Å². The molecule has 3 N–H and O–H groups in total. The van der Waals surface area contributed by atoms with Crippen molar-refractivity contribution in [3.05, 3.63) is 29.6 Å². The van der Waals surface area contributed by atoms with Crippen molar-refractivity contribution >= 4 is 6.09 Å². The van der Waals surface area contributed by atoms with Crippen LogP contribution < -0.4 is 16.2 Å². The van der Waals surface area contributed by atoms with Crippen LogP contribution in [0, 0.1) is 5.92 Å². The minimum atomic E-state index is -0.394. The predicted octanol–water partition coefficient (Wildman–Crippen LogP) is 1.41. The number of rotatable bonds is 0. The average molecular weight is 332 g/mol. The first-order valence-corrected chi connectivity index (χ1v) is 8.77. The van der Waals surface area contributed by atoms with E-state index in [1.807, 2.05) is 6.20 Å². The minimum absolute atomic E-state index is 0.216. The number of amides is 1. The van der Waals surface area contributed by atoms with Gasteiger partial charge in [0.2, 0.25) is 0 Å². The highest BCUT2D eigenvalue weighted by molar-refractivity contribution is 5.67. The van der Waals surface area contributed by atoms with E-state index < -0.39 is 6.09 Å². The van der Waals surface area contributed by atoms with Crippen molar-refractivity contribution in [3.8, 4) is 0 Å². The summed E-state index contributed by atoms with van der Waals surface area (Å²) in [5, 5.41) is 2.76. The SMILES string of the molecule is O=C1NCCCOC2CCC3NNC(c4cncc(c4)CO1)C3C2. The lowest BCUT2D eigenvalue weighted by atomic mass is 9.78. The van der Waals surface area contributed by atoms with Crippen LogP contribution in [0.15, 0.2) is 18.5 Å². The number of pyridine rings is 1. The molecule has 4 unspecified atom stereocenters. The lowest BCUT2D eigenvalue weighted by Crippen LogP contribution is -2.37. The monoisotopic (exact) mass is 332 g/mol. The molecule has 4 atom stereocenters. The van der Waals surface area contributed by atoms with Gasteiger partial charge in [-0.25, -0.2) is 10.2 Å². The smallest absolute Gasteiger partial charge is 0.407 e. The topological polar surface area (TPSA) is 84.5 Å². The number of ether oxygens (including phenoxy) is 2. The van der Waals surface area contributed by atoms with Crippen LogP contribution in [0.3, 0.4) is 0 Å². The Kier molecular flexibility index (Phi) is 4.64. The standard InChI is InChI=1S/C17H24N4O3/c22-17-19-4-1-5-23-13-2-3-15-14(7-13)16(21-20-15)12-6-11(10-24-17)8-18-9-12/h6,8-9,13-16,20-21H,1-5,7,10H2,(H,19,22). The highest BCUT2D eigenvalue weighted by Gasteiger charge is 2.41. The molecule has 1 amide bonds. The summed E-state index contributed by atoms with van der Waals surface area (Å²) < 4.78 is 11.3. The van der Waals surface area contributed by atoms with E-state index in [9.17, 15) is 4.79 Å². The third kappa shape index (κ3) is 3.38. The first-order valence-electron chi connectivity index (χ1n) is 8.77. The zero-order valence-corrected chi connectivity index (χ0v) is 13.7. The number of aromatic nitrogens is 1. The van der Waals surface area contributed by atoms with Crippen LogP contribution in [0.2, 0.25) is 0 Å². The molecule has 1 aromatic rings. The number of nitrogens with zero attached hydrogens (tertiary/aromatic N) is 1. The zero-order valence-electron chi connectivity index (χ0n) is 13.7. The average Bonchev–Trinajstić information content (AvgIpc) is 3.02. The third-order valence-electron chi connectivity index (χ3n) is 5.19. The Hall–Kier alpha value is -1.70. The van der Waals surface area contributed by atoms with E-state index in [1.54, 1.807) is 6.20 Å². The van der Waals surface area contributed by atoms with Gasteiger partial charge in [-0.1, -0.05) is 0 Å². The molecule has 1 saturated heterocycles. The first kappa shape index (κ1) is 15.8. The van der Waals surface area contributed by atoms with Gasteiger partial charge in [-0.2, -0.15) is 0 Å². The number of hydrogen-bond acceptors (Lipinski definition) is 6. The van der Waals surface area contributed by atoms with E-state index in [-0.39, 0.29) is 12.6 Å². The molecule has 7 nitrogen and oxygen atoms in total. The molecule has 1 aromatic heterocycles. The summed E-state index contributed by atoms with van der Waals surface area (Å²) >= 11 is 0. The molecule has 0 aromatic carbocycles. The molecule has 4 rings (SSSR count). The van der Waals surface area contributed by atoms with Gasteiger partial charge in [0.25, 0.3) is 0 Å². The Bertz CT molecular complexity index is 597. The van der Waals surface area contributed by atoms with Gasteiger partial charge in [0.15, 0.2) is 0 Å². The van der Waals surface area contributed by atoms with E-state index in [4.69, 9.17) is 9.47 Å². The summed E-state index contributed by atoms with van der Waals surface area (Å²) in [6.07, 6.45) is 7.59. The molecule has 3 heterocycles. The molecule has 2 aliphatic heterocycles. The highest BCUT2D eigenvalue weighted by Crippen LogP contribution is 2.39. The second-order valence-corrected chi connectivity index (χ2v) is 6.83. The van der Waals surface area contributed by atoms with Crippen molar-refractivity contribution in [2.45, 2.75) is 50.5 Å². The summed E-state index contributed by atoms with van der Waals surface area (Å²) in [5.41, 5.74) is 8.91. The molecule has 1 saturated carbocycles. The van der Waals surface area contributed by atoms with Crippen LogP contribution in [0.4, 0.5) is 4.79 Å². The van der Waals surface area contributed by atoms with Gasteiger partial charge in [-0.3, -0.25) is 10.4 Å². The number of carbonyl (C=O) groups is 1. The summed E-state index contributed by atoms with van der Waals surface area (Å²) in [6.45, 7) is 1.48. The van der Waals surface area contributed by atoms with Crippen LogP contribution in [0.25, 0.3) is 0 Å². The molecule has 0 spiro atoms. The number of hydrazine groups is 1. The second kappa shape index (κ2) is 7.04. The van der Waals surface area contributed by atoms with Crippen LogP contribution in [-0.4, -0.2) is 36.4 Å². The van der Waals surface area contributed by atoms with E-state index in [0.29, 0.717) is 31.2 Å². The molecule has 1 aliphatic carbocycles. The van der Waals surface area contributed by atoms with E-state index >= 15 is 0 Å². The maximum atomic E-state index is 11.7. The van der Waals surface area contributed by atoms with Crippen LogP contribution >= 0.6 is 0 Å². The fourth-order valence-electron chi connectivity index (χ4n) is 3.97. The third-order valence-corrected chi connectivity index (χ3v) is 5.19.